The Bertz CT molecular complexity index is 589. The summed E-state index contributed by atoms with van der Waals surface area (Å²) in [5.74, 6) is 0.216. The Labute approximate surface area is 117 Å². The number of benzene rings is 1. The van der Waals surface area contributed by atoms with Gasteiger partial charge in [0.15, 0.2) is 0 Å². The number of rotatable bonds is 4. The van der Waals surface area contributed by atoms with E-state index in [0.29, 0.717) is 5.82 Å². The third kappa shape index (κ3) is 3.04. The summed E-state index contributed by atoms with van der Waals surface area (Å²) in [5.41, 5.74) is 0.801. The molecule has 1 N–H and O–H groups in total. The zero-order valence-corrected chi connectivity index (χ0v) is 11.8. The number of imidazole rings is 1. The first-order chi connectivity index (χ1) is 9.49. The Balaban J connectivity index is 2.36. The maximum absolute atomic E-state index is 13.1. The van der Waals surface area contributed by atoms with E-state index in [9.17, 15) is 9.18 Å². The van der Waals surface area contributed by atoms with Crippen LogP contribution in [0, 0.1) is 11.7 Å². The first kappa shape index (κ1) is 14.2. The molecule has 0 bridgehead atoms. The average Bonchev–Trinajstić information content (AvgIpc) is 2.83. The van der Waals surface area contributed by atoms with Crippen molar-refractivity contribution in [3.63, 3.8) is 0 Å². The Kier molecular flexibility index (Phi) is 4.17. The highest BCUT2D eigenvalue weighted by Gasteiger charge is 2.21. The summed E-state index contributed by atoms with van der Waals surface area (Å²) in [6.45, 7) is 3.66. The number of carbonyl (C=O) groups excluding carboxylic acids is 1. The average molecular weight is 275 g/mol. The highest BCUT2D eigenvalue weighted by atomic mass is 19.1. The number of aryl methyl sites for hydroxylation is 1. The van der Waals surface area contributed by atoms with E-state index in [1.807, 2.05) is 31.7 Å². The molecule has 5 heteroatoms. The van der Waals surface area contributed by atoms with E-state index in [-0.39, 0.29) is 23.7 Å². The summed E-state index contributed by atoms with van der Waals surface area (Å²) < 4.78 is 14.9. The molecular formula is C15H18FN3O. The third-order valence-corrected chi connectivity index (χ3v) is 3.13. The lowest BCUT2D eigenvalue weighted by Gasteiger charge is -2.20. The van der Waals surface area contributed by atoms with Crippen LogP contribution in [0.2, 0.25) is 0 Å². The zero-order chi connectivity index (χ0) is 14.7. The number of halogens is 1. The van der Waals surface area contributed by atoms with Crippen LogP contribution in [-0.2, 0) is 11.8 Å². The van der Waals surface area contributed by atoms with Crippen molar-refractivity contribution >= 4 is 5.91 Å². The fraction of sp³-hybridized carbons (Fsp3) is 0.333. The second-order valence-corrected chi connectivity index (χ2v) is 5.04. The quantitative estimate of drug-likeness (QED) is 0.931. The topological polar surface area (TPSA) is 46.9 Å². The van der Waals surface area contributed by atoms with Gasteiger partial charge in [0.2, 0.25) is 5.91 Å². The lowest BCUT2D eigenvalue weighted by molar-refractivity contribution is -0.124. The van der Waals surface area contributed by atoms with Gasteiger partial charge in [0.1, 0.15) is 17.7 Å². The van der Waals surface area contributed by atoms with E-state index < -0.39 is 0 Å². The maximum Gasteiger partial charge on any atom is 0.223 e. The second kappa shape index (κ2) is 5.86. The Morgan fingerprint density at radius 2 is 1.95 bits per heavy atom. The number of hydrogen-bond acceptors (Lipinski definition) is 2. The van der Waals surface area contributed by atoms with Gasteiger partial charge in [-0.15, -0.1) is 0 Å². The Morgan fingerprint density at radius 3 is 2.45 bits per heavy atom. The van der Waals surface area contributed by atoms with Crippen LogP contribution < -0.4 is 5.32 Å². The molecule has 0 saturated heterocycles. The molecule has 1 atom stereocenters. The lowest BCUT2D eigenvalue weighted by atomic mass is 10.0. The fourth-order valence-electron chi connectivity index (χ4n) is 1.92. The maximum atomic E-state index is 13.1. The van der Waals surface area contributed by atoms with Crippen molar-refractivity contribution in [2.45, 2.75) is 19.9 Å². The molecule has 2 rings (SSSR count). The van der Waals surface area contributed by atoms with Gasteiger partial charge in [0, 0.05) is 25.4 Å². The molecule has 1 heterocycles. The smallest absolute Gasteiger partial charge is 0.223 e. The van der Waals surface area contributed by atoms with Gasteiger partial charge in [-0.3, -0.25) is 4.79 Å². The van der Waals surface area contributed by atoms with E-state index in [0.717, 1.165) is 5.56 Å². The first-order valence-electron chi connectivity index (χ1n) is 6.52. The standard InChI is InChI=1S/C15H18FN3O/c1-10(2)15(20)18-13(14-17-8-9-19(14)3)11-4-6-12(16)7-5-11/h4-10,13H,1-3H3,(H,18,20). The molecule has 4 nitrogen and oxygen atoms in total. The second-order valence-electron chi connectivity index (χ2n) is 5.04. The van der Waals surface area contributed by atoms with Gasteiger partial charge >= 0.3 is 0 Å². The SMILES string of the molecule is CC(C)C(=O)NC(c1ccc(F)cc1)c1nccn1C. The Morgan fingerprint density at radius 1 is 1.30 bits per heavy atom. The van der Waals surface area contributed by atoms with Crippen molar-refractivity contribution in [1.82, 2.24) is 14.9 Å². The number of carbonyl (C=O) groups is 1. The van der Waals surface area contributed by atoms with Crippen LogP contribution in [0.5, 0.6) is 0 Å². The molecule has 1 unspecified atom stereocenters. The number of aromatic nitrogens is 2. The van der Waals surface area contributed by atoms with Crippen molar-refractivity contribution in [2.24, 2.45) is 13.0 Å². The molecule has 0 spiro atoms. The van der Waals surface area contributed by atoms with Crippen LogP contribution in [0.4, 0.5) is 4.39 Å². The summed E-state index contributed by atoms with van der Waals surface area (Å²) >= 11 is 0. The van der Waals surface area contributed by atoms with Gasteiger partial charge in [-0.25, -0.2) is 9.37 Å². The highest BCUT2D eigenvalue weighted by molar-refractivity contribution is 5.78. The first-order valence-corrected chi connectivity index (χ1v) is 6.52. The van der Waals surface area contributed by atoms with Crippen molar-refractivity contribution in [2.75, 3.05) is 0 Å². The molecule has 1 aromatic carbocycles. The monoisotopic (exact) mass is 275 g/mol. The number of nitrogens with one attached hydrogen (secondary N) is 1. The molecular weight excluding hydrogens is 257 g/mol. The van der Waals surface area contributed by atoms with Gasteiger partial charge < -0.3 is 9.88 Å². The summed E-state index contributed by atoms with van der Waals surface area (Å²) in [6, 6.07) is 5.70. The van der Waals surface area contributed by atoms with Crippen molar-refractivity contribution in [1.29, 1.82) is 0 Å². The molecule has 0 aliphatic heterocycles. The Hall–Kier alpha value is -2.17. The molecule has 0 aliphatic rings. The van der Waals surface area contributed by atoms with E-state index in [1.54, 1.807) is 18.3 Å². The van der Waals surface area contributed by atoms with Crippen LogP contribution in [0.3, 0.4) is 0 Å². The number of amides is 1. The zero-order valence-electron chi connectivity index (χ0n) is 11.8. The highest BCUT2D eigenvalue weighted by Crippen LogP contribution is 2.21. The minimum absolute atomic E-state index is 0.0673. The predicted molar refractivity (Wildman–Crippen MR) is 74.4 cm³/mol. The molecule has 1 aromatic heterocycles. The van der Waals surface area contributed by atoms with Gasteiger partial charge in [0.25, 0.3) is 0 Å². The molecule has 0 aliphatic carbocycles. The largest absolute Gasteiger partial charge is 0.342 e. The number of hydrogen-bond donors (Lipinski definition) is 1. The van der Waals surface area contributed by atoms with E-state index in [4.69, 9.17) is 0 Å². The lowest BCUT2D eigenvalue weighted by Crippen LogP contribution is -2.33. The summed E-state index contributed by atoms with van der Waals surface area (Å²) in [6.07, 6.45) is 3.49. The minimum Gasteiger partial charge on any atom is -0.342 e. The van der Waals surface area contributed by atoms with E-state index in [2.05, 4.69) is 10.3 Å². The summed E-state index contributed by atoms with van der Waals surface area (Å²) in [5, 5.41) is 2.95. The van der Waals surface area contributed by atoms with Crippen LogP contribution in [-0.4, -0.2) is 15.5 Å². The summed E-state index contributed by atoms with van der Waals surface area (Å²) in [4.78, 5) is 16.3. The van der Waals surface area contributed by atoms with Gasteiger partial charge in [-0.1, -0.05) is 26.0 Å². The van der Waals surface area contributed by atoms with Crippen molar-refractivity contribution in [3.05, 3.63) is 53.9 Å². The molecule has 2 aromatic rings. The van der Waals surface area contributed by atoms with Crippen LogP contribution >= 0.6 is 0 Å². The van der Waals surface area contributed by atoms with Crippen LogP contribution in [0.15, 0.2) is 36.7 Å². The molecule has 106 valence electrons. The van der Waals surface area contributed by atoms with E-state index in [1.165, 1.54) is 12.1 Å². The van der Waals surface area contributed by atoms with Crippen molar-refractivity contribution < 1.29 is 9.18 Å². The molecule has 1 amide bonds. The number of nitrogens with zero attached hydrogens (tertiary/aromatic N) is 2. The molecule has 0 radical (unpaired) electrons. The molecule has 20 heavy (non-hydrogen) atoms. The van der Waals surface area contributed by atoms with Crippen molar-refractivity contribution in [3.8, 4) is 0 Å². The van der Waals surface area contributed by atoms with Gasteiger partial charge in [-0.05, 0) is 17.7 Å². The molecule has 0 saturated carbocycles. The molecule has 0 fully saturated rings. The third-order valence-electron chi connectivity index (χ3n) is 3.13. The normalized spacial score (nSPS) is 12.4. The minimum atomic E-state index is -0.384. The van der Waals surface area contributed by atoms with Crippen LogP contribution in [0.1, 0.15) is 31.3 Å². The van der Waals surface area contributed by atoms with Gasteiger partial charge in [-0.2, -0.15) is 0 Å². The van der Waals surface area contributed by atoms with Crippen LogP contribution in [0.25, 0.3) is 0 Å². The fourth-order valence-corrected chi connectivity index (χ4v) is 1.92. The van der Waals surface area contributed by atoms with E-state index >= 15 is 0 Å². The van der Waals surface area contributed by atoms with Gasteiger partial charge in [0.05, 0.1) is 0 Å². The summed E-state index contributed by atoms with van der Waals surface area (Å²) in [7, 11) is 1.86. The predicted octanol–water partition coefficient (Wildman–Crippen LogP) is 2.42.